The van der Waals surface area contributed by atoms with Crippen LogP contribution in [0, 0.1) is 20.8 Å². The van der Waals surface area contributed by atoms with E-state index < -0.39 is 5.91 Å². The van der Waals surface area contributed by atoms with Crippen LogP contribution in [0.2, 0.25) is 5.02 Å². The number of aryl methyl sites for hydroxylation is 2. The molecule has 5 nitrogen and oxygen atoms in total. The van der Waals surface area contributed by atoms with Gasteiger partial charge in [-0.15, -0.1) is 0 Å². The van der Waals surface area contributed by atoms with Crippen LogP contribution in [0.25, 0.3) is 5.57 Å². The molecule has 0 radical (unpaired) electrons. The first-order valence-electron chi connectivity index (χ1n) is 10.8. The molecular formula is C27H25ClN2O3. The molecule has 168 valence electrons. The van der Waals surface area contributed by atoms with Gasteiger partial charge in [0.1, 0.15) is 11.4 Å². The minimum atomic E-state index is -0.422. The lowest BCUT2D eigenvalue weighted by atomic mass is 9.97. The van der Waals surface area contributed by atoms with Crippen LogP contribution in [0.5, 0.6) is 5.75 Å². The number of hydrogen-bond donors (Lipinski definition) is 1. The number of hydrogen-bond acceptors (Lipinski definition) is 4. The first-order chi connectivity index (χ1) is 15.8. The molecule has 1 aliphatic heterocycles. The Morgan fingerprint density at radius 1 is 0.939 bits per heavy atom. The predicted molar refractivity (Wildman–Crippen MR) is 133 cm³/mol. The van der Waals surface area contributed by atoms with Crippen molar-refractivity contribution >= 4 is 40.4 Å². The highest BCUT2D eigenvalue weighted by Crippen LogP contribution is 2.37. The van der Waals surface area contributed by atoms with Crippen molar-refractivity contribution in [3.05, 3.63) is 93.6 Å². The molecule has 0 unspecified atom stereocenters. The normalized spacial score (nSPS) is 13.7. The van der Waals surface area contributed by atoms with Crippen molar-refractivity contribution in [1.29, 1.82) is 0 Å². The number of halogens is 1. The van der Waals surface area contributed by atoms with E-state index in [1.807, 2.05) is 63.2 Å². The smallest absolute Gasteiger partial charge is 0.282 e. The number of rotatable bonds is 6. The van der Waals surface area contributed by atoms with Crippen molar-refractivity contribution in [3.8, 4) is 5.75 Å². The van der Waals surface area contributed by atoms with E-state index >= 15 is 0 Å². The van der Waals surface area contributed by atoms with E-state index in [0.717, 1.165) is 22.4 Å². The third kappa shape index (κ3) is 4.24. The number of carbonyl (C=O) groups excluding carboxylic acids is 2. The molecule has 0 fully saturated rings. The SMILES string of the molecule is CCOc1ccc(NC2=C(c3ccc(C)cc3C)C(=O)N(c3cccc(Cl)c3C)C2=O)cc1. The molecular weight excluding hydrogens is 436 g/mol. The monoisotopic (exact) mass is 460 g/mol. The highest BCUT2D eigenvalue weighted by atomic mass is 35.5. The Labute approximate surface area is 198 Å². The highest BCUT2D eigenvalue weighted by molar-refractivity contribution is 6.46. The van der Waals surface area contributed by atoms with Crippen LogP contribution < -0.4 is 15.0 Å². The zero-order chi connectivity index (χ0) is 23.7. The number of nitrogens with zero attached hydrogens (tertiary/aromatic N) is 1. The summed E-state index contributed by atoms with van der Waals surface area (Å²) >= 11 is 6.30. The molecule has 0 aromatic heterocycles. The zero-order valence-corrected chi connectivity index (χ0v) is 19.8. The van der Waals surface area contributed by atoms with Crippen molar-refractivity contribution < 1.29 is 14.3 Å². The van der Waals surface area contributed by atoms with Crippen LogP contribution in [0.15, 0.2) is 66.4 Å². The average molecular weight is 461 g/mol. The highest BCUT2D eigenvalue weighted by Gasteiger charge is 2.41. The molecule has 0 bridgehead atoms. The van der Waals surface area contributed by atoms with E-state index in [-0.39, 0.29) is 11.6 Å². The van der Waals surface area contributed by atoms with E-state index in [2.05, 4.69) is 5.32 Å². The summed E-state index contributed by atoms with van der Waals surface area (Å²) in [6, 6.07) is 18.3. The predicted octanol–water partition coefficient (Wildman–Crippen LogP) is 6.06. The van der Waals surface area contributed by atoms with E-state index in [0.29, 0.717) is 34.1 Å². The number of imide groups is 1. The number of benzene rings is 3. The Morgan fingerprint density at radius 3 is 2.33 bits per heavy atom. The Bertz CT molecular complexity index is 1280. The summed E-state index contributed by atoms with van der Waals surface area (Å²) in [6.07, 6.45) is 0. The maximum Gasteiger partial charge on any atom is 0.282 e. The average Bonchev–Trinajstić information content (AvgIpc) is 3.01. The number of nitrogens with one attached hydrogen (secondary N) is 1. The van der Waals surface area contributed by atoms with Gasteiger partial charge in [-0.3, -0.25) is 9.59 Å². The Balaban J connectivity index is 1.83. The van der Waals surface area contributed by atoms with Crippen LogP contribution >= 0.6 is 11.6 Å². The zero-order valence-electron chi connectivity index (χ0n) is 19.0. The molecule has 2 amide bonds. The van der Waals surface area contributed by atoms with Gasteiger partial charge in [0.25, 0.3) is 11.8 Å². The summed E-state index contributed by atoms with van der Waals surface area (Å²) in [5.41, 5.74) is 5.11. The topological polar surface area (TPSA) is 58.6 Å². The molecule has 1 N–H and O–H groups in total. The van der Waals surface area contributed by atoms with E-state index in [4.69, 9.17) is 16.3 Å². The standard InChI is InChI=1S/C27H25ClN2O3/c1-5-33-20-12-10-19(11-13-20)29-25-24(21-14-9-16(2)15-17(21)3)26(31)30(27(25)32)23-8-6-7-22(28)18(23)4/h6-15,29H,5H2,1-4H3. The minimum absolute atomic E-state index is 0.232. The molecule has 3 aromatic carbocycles. The van der Waals surface area contributed by atoms with E-state index in [1.54, 1.807) is 25.1 Å². The van der Waals surface area contributed by atoms with Crippen LogP contribution in [0.3, 0.4) is 0 Å². The number of carbonyl (C=O) groups is 2. The molecule has 6 heteroatoms. The van der Waals surface area contributed by atoms with Gasteiger partial charge in [0.05, 0.1) is 17.9 Å². The second-order valence-electron chi connectivity index (χ2n) is 7.98. The molecule has 0 aliphatic carbocycles. The first kappa shape index (κ1) is 22.6. The number of amides is 2. The summed E-state index contributed by atoms with van der Waals surface area (Å²) in [7, 11) is 0. The fourth-order valence-corrected chi connectivity index (χ4v) is 4.16. The van der Waals surface area contributed by atoms with Gasteiger partial charge in [-0.25, -0.2) is 4.90 Å². The third-order valence-corrected chi connectivity index (χ3v) is 6.06. The van der Waals surface area contributed by atoms with Crippen LogP contribution in [-0.2, 0) is 9.59 Å². The molecule has 0 spiro atoms. The molecule has 0 saturated carbocycles. The molecule has 0 atom stereocenters. The van der Waals surface area contributed by atoms with Gasteiger partial charge in [-0.2, -0.15) is 0 Å². The summed E-state index contributed by atoms with van der Waals surface area (Å²) < 4.78 is 5.50. The van der Waals surface area contributed by atoms with Crippen LogP contribution in [0.4, 0.5) is 11.4 Å². The summed E-state index contributed by atoms with van der Waals surface area (Å²) in [5.74, 6) is -0.0726. The van der Waals surface area contributed by atoms with Gasteiger partial charge >= 0.3 is 0 Å². The fourth-order valence-electron chi connectivity index (χ4n) is 3.99. The Morgan fingerprint density at radius 2 is 1.67 bits per heavy atom. The third-order valence-electron chi connectivity index (χ3n) is 5.65. The largest absolute Gasteiger partial charge is 0.494 e. The summed E-state index contributed by atoms with van der Waals surface area (Å²) in [4.78, 5) is 28.5. The molecule has 33 heavy (non-hydrogen) atoms. The van der Waals surface area contributed by atoms with Gasteiger partial charge < -0.3 is 10.1 Å². The minimum Gasteiger partial charge on any atom is -0.494 e. The van der Waals surface area contributed by atoms with Crippen molar-refractivity contribution in [1.82, 2.24) is 0 Å². The van der Waals surface area contributed by atoms with E-state index in [1.165, 1.54) is 4.90 Å². The Kier molecular flexibility index (Phi) is 6.25. The van der Waals surface area contributed by atoms with Crippen LogP contribution in [0.1, 0.15) is 29.2 Å². The van der Waals surface area contributed by atoms with Crippen molar-refractivity contribution in [3.63, 3.8) is 0 Å². The maximum atomic E-state index is 13.7. The second kappa shape index (κ2) is 9.12. The second-order valence-corrected chi connectivity index (χ2v) is 8.39. The van der Waals surface area contributed by atoms with Crippen molar-refractivity contribution in [2.75, 3.05) is 16.8 Å². The molecule has 0 saturated heterocycles. The lowest BCUT2D eigenvalue weighted by Crippen LogP contribution is -2.33. The quantitative estimate of drug-likeness (QED) is 0.454. The number of ether oxygens (including phenoxy) is 1. The van der Waals surface area contributed by atoms with Gasteiger partial charge in [0, 0.05) is 10.7 Å². The lowest BCUT2D eigenvalue weighted by Gasteiger charge is -2.18. The van der Waals surface area contributed by atoms with Gasteiger partial charge in [-0.05, 0) is 80.8 Å². The lowest BCUT2D eigenvalue weighted by molar-refractivity contribution is -0.120. The first-order valence-corrected chi connectivity index (χ1v) is 11.1. The van der Waals surface area contributed by atoms with Crippen molar-refractivity contribution in [2.45, 2.75) is 27.7 Å². The summed E-state index contributed by atoms with van der Waals surface area (Å²) in [6.45, 7) is 8.22. The molecule has 1 aliphatic rings. The fraction of sp³-hybridized carbons (Fsp3) is 0.185. The van der Waals surface area contributed by atoms with Gasteiger partial charge in [0.15, 0.2) is 0 Å². The molecule has 3 aromatic rings. The summed E-state index contributed by atoms with van der Waals surface area (Å²) in [5, 5.41) is 3.69. The molecule has 1 heterocycles. The molecule has 4 rings (SSSR count). The Hall–Kier alpha value is -3.57. The van der Waals surface area contributed by atoms with Gasteiger partial charge in [0.2, 0.25) is 0 Å². The number of anilines is 2. The maximum absolute atomic E-state index is 13.7. The van der Waals surface area contributed by atoms with Crippen molar-refractivity contribution in [2.24, 2.45) is 0 Å². The van der Waals surface area contributed by atoms with Crippen LogP contribution in [-0.4, -0.2) is 18.4 Å². The van der Waals surface area contributed by atoms with Gasteiger partial charge in [-0.1, -0.05) is 41.4 Å². The van der Waals surface area contributed by atoms with E-state index in [9.17, 15) is 9.59 Å².